The standard InChI is InChI=1S/C11H24O3Si/c1-11(2,3)15(12-4,13-5)14-10-8-6-7-9-10/h10H,6-9H2,1-5H3. The lowest BCUT2D eigenvalue weighted by Crippen LogP contribution is -2.53. The Balaban J connectivity index is 2.71. The van der Waals surface area contributed by atoms with Gasteiger partial charge < -0.3 is 13.3 Å². The second-order valence-corrected chi connectivity index (χ2v) is 8.90. The minimum Gasteiger partial charge on any atom is -0.377 e. The molecule has 0 aromatic carbocycles. The summed E-state index contributed by atoms with van der Waals surface area (Å²) in [6.45, 7) is 6.38. The van der Waals surface area contributed by atoms with Gasteiger partial charge in [0.05, 0.1) is 0 Å². The van der Waals surface area contributed by atoms with E-state index in [0.717, 1.165) is 12.8 Å². The summed E-state index contributed by atoms with van der Waals surface area (Å²) in [6.07, 6.45) is 5.19. The topological polar surface area (TPSA) is 27.7 Å². The lowest BCUT2D eigenvalue weighted by atomic mass is 10.3. The summed E-state index contributed by atoms with van der Waals surface area (Å²) in [4.78, 5) is 0. The van der Waals surface area contributed by atoms with E-state index in [1.54, 1.807) is 14.2 Å². The van der Waals surface area contributed by atoms with Gasteiger partial charge in [0.25, 0.3) is 0 Å². The zero-order chi connectivity index (χ0) is 11.5. The van der Waals surface area contributed by atoms with Gasteiger partial charge in [0.2, 0.25) is 0 Å². The first-order valence-electron chi connectivity index (χ1n) is 5.73. The molecule has 90 valence electrons. The molecule has 0 heterocycles. The highest BCUT2D eigenvalue weighted by Crippen LogP contribution is 2.40. The minimum absolute atomic E-state index is 0.0565. The van der Waals surface area contributed by atoms with Crippen LogP contribution in [0.15, 0.2) is 0 Å². The van der Waals surface area contributed by atoms with Crippen molar-refractivity contribution in [2.75, 3.05) is 14.2 Å². The molecule has 4 heteroatoms. The first kappa shape index (κ1) is 13.2. The average Bonchev–Trinajstić information content (AvgIpc) is 2.64. The third-order valence-electron chi connectivity index (χ3n) is 3.08. The molecule has 1 saturated carbocycles. The van der Waals surface area contributed by atoms with Crippen molar-refractivity contribution in [1.29, 1.82) is 0 Å². The molecule has 3 nitrogen and oxygen atoms in total. The van der Waals surface area contributed by atoms with Crippen LogP contribution in [0, 0.1) is 0 Å². The Hall–Kier alpha value is 0.0969. The van der Waals surface area contributed by atoms with E-state index >= 15 is 0 Å². The summed E-state index contributed by atoms with van der Waals surface area (Å²) in [6, 6.07) is 0. The largest absolute Gasteiger partial charge is 0.506 e. The Morgan fingerprint density at radius 2 is 1.47 bits per heavy atom. The lowest BCUT2D eigenvalue weighted by Gasteiger charge is -2.38. The highest BCUT2D eigenvalue weighted by atomic mass is 28.4. The zero-order valence-corrected chi connectivity index (χ0v) is 11.6. The van der Waals surface area contributed by atoms with Crippen LogP contribution in [-0.4, -0.2) is 29.1 Å². The summed E-state index contributed by atoms with van der Waals surface area (Å²) >= 11 is 0. The van der Waals surface area contributed by atoms with E-state index < -0.39 is 8.80 Å². The van der Waals surface area contributed by atoms with Crippen LogP contribution in [0.2, 0.25) is 5.04 Å². The van der Waals surface area contributed by atoms with Crippen LogP contribution in [0.1, 0.15) is 46.5 Å². The molecule has 0 radical (unpaired) electrons. The number of hydrogen-bond acceptors (Lipinski definition) is 3. The highest BCUT2D eigenvalue weighted by molar-refractivity contribution is 6.64. The molecule has 0 unspecified atom stereocenters. The van der Waals surface area contributed by atoms with Gasteiger partial charge >= 0.3 is 8.80 Å². The normalized spacial score (nSPS) is 19.8. The van der Waals surface area contributed by atoms with Crippen LogP contribution in [0.5, 0.6) is 0 Å². The van der Waals surface area contributed by atoms with E-state index in [0.29, 0.717) is 6.10 Å². The van der Waals surface area contributed by atoms with Crippen molar-refractivity contribution >= 4 is 8.80 Å². The van der Waals surface area contributed by atoms with Gasteiger partial charge in [-0.3, -0.25) is 0 Å². The molecule has 0 bridgehead atoms. The van der Waals surface area contributed by atoms with Gasteiger partial charge in [-0.25, -0.2) is 0 Å². The summed E-state index contributed by atoms with van der Waals surface area (Å²) in [7, 11) is 0.899. The molecule has 0 aromatic rings. The van der Waals surface area contributed by atoms with Crippen LogP contribution < -0.4 is 0 Å². The summed E-state index contributed by atoms with van der Waals surface area (Å²) in [5.41, 5.74) is 0. The molecule has 0 aromatic heterocycles. The maximum atomic E-state index is 6.16. The minimum atomic E-state index is -2.51. The van der Waals surface area contributed by atoms with E-state index in [9.17, 15) is 0 Å². The smallest absolute Gasteiger partial charge is 0.377 e. The van der Waals surface area contributed by atoms with Gasteiger partial charge in [-0.05, 0) is 12.8 Å². The Bertz CT molecular complexity index is 190. The fourth-order valence-electron chi connectivity index (χ4n) is 2.19. The van der Waals surface area contributed by atoms with E-state index in [1.165, 1.54) is 12.8 Å². The SMILES string of the molecule is CO[Si](OC)(OC1CCCC1)C(C)(C)C. The van der Waals surface area contributed by atoms with Crippen molar-refractivity contribution in [2.24, 2.45) is 0 Å². The van der Waals surface area contributed by atoms with E-state index in [1.807, 2.05) is 0 Å². The molecule has 0 N–H and O–H groups in total. The first-order chi connectivity index (χ1) is 6.95. The third kappa shape index (κ3) is 2.81. The molecule has 15 heavy (non-hydrogen) atoms. The molecule has 0 atom stereocenters. The van der Waals surface area contributed by atoms with Gasteiger partial charge in [0.15, 0.2) is 0 Å². The van der Waals surface area contributed by atoms with Crippen molar-refractivity contribution in [1.82, 2.24) is 0 Å². The zero-order valence-electron chi connectivity index (χ0n) is 10.6. The first-order valence-corrected chi connectivity index (χ1v) is 7.46. The van der Waals surface area contributed by atoms with Gasteiger partial charge in [-0.1, -0.05) is 33.6 Å². The molecular formula is C11H24O3Si. The van der Waals surface area contributed by atoms with Gasteiger partial charge in [-0.15, -0.1) is 0 Å². The van der Waals surface area contributed by atoms with Crippen molar-refractivity contribution in [2.45, 2.75) is 57.6 Å². The molecule has 0 aliphatic heterocycles. The Labute approximate surface area is 94.5 Å². The highest BCUT2D eigenvalue weighted by Gasteiger charge is 2.53. The van der Waals surface area contributed by atoms with E-state index in [-0.39, 0.29) is 5.04 Å². The number of rotatable bonds is 4. The average molecular weight is 232 g/mol. The molecule has 1 rings (SSSR count). The molecule has 1 aliphatic carbocycles. The van der Waals surface area contributed by atoms with Crippen LogP contribution in [-0.2, 0) is 13.3 Å². The fourth-order valence-corrected chi connectivity index (χ4v) is 4.81. The predicted molar refractivity (Wildman–Crippen MR) is 62.8 cm³/mol. The second-order valence-electron chi connectivity index (χ2n) is 5.24. The quantitative estimate of drug-likeness (QED) is 0.697. The van der Waals surface area contributed by atoms with Gasteiger partial charge in [-0.2, -0.15) is 0 Å². The molecule has 0 saturated heterocycles. The second kappa shape index (κ2) is 4.95. The van der Waals surface area contributed by atoms with Crippen LogP contribution in [0.25, 0.3) is 0 Å². The van der Waals surface area contributed by atoms with Crippen molar-refractivity contribution < 1.29 is 13.3 Å². The van der Waals surface area contributed by atoms with Crippen LogP contribution >= 0.6 is 0 Å². The van der Waals surface area contributed by atoms with Crippen molar-refractivity contribution in [3.8, 4) is 0 Å². The monoisotopic (exact) mass is 232 g/mol. The van der Waals surface area contributed by atoms with Crippen LogP contribution in [0.4, 0.5) is 0 Å². The summed E-state index contributed by atoms with van der Waals surface area (Å²) < 4.78 is 17.4. The summed E-state index contributed by atoms with van der Waals surface area (Å²) in [5.74, 6) is 0. The third-order valence-corrected chi connectivity index (χ3v) is 6.64. The Morgan fingerprint density at radius 3 is 1.80 bits per heavy atom. The van der Waals surface area contributed by atoms with E-state index in [4.69, 9.17) is 13.3 Å². The van der Waals surface area contributed by atoms with Crippen molar-refractivity contribution in [3.63, 3.8) is 0 Å². The number of hydrogen-bond donors (Lipinski definition) is 0. The molecule has 1 fully saturated rings. The van der Waals surface area contributed by atoms with Crippen molar-refractivity contribution in [3.05, 3.63) is 0 Å². The molecule has 1 aliphatic rings. The lowest BCUT2D eigenvalue weighted by molar-refractivity contribution is 0.0396. The van der Waals surface area contributed by atoms with Gasteiger partial charge in [0, 0.05) is 25.4 Å². The maximum Gasteiger partial charge on any atom is 0.506 e. The van der Waals surface area contributed by atoms with Crippen LogP contribution in [0.3, 0.4) is 0 Å². The fraction of sp³-hybridized carbons (Fsp3) is 1.00. The predicted octanol–water partition coefficient (Wildman–Crippen LogP) is 2.98. The maximum absolute atomic E-state index is 6.16. The molecule has 0 amide bonds. The molecular weight excluding hydrogens is 208 g/mol. The summed E-state index contributed by atoms with van der Waals surface area (Å²) in [5, 5.41) is -0.0565. The Kier molecular flexibility index (Phi) is 4.35. The van der Waals surface area contributed by atoms with Gasteiger partial charge in [0.1, 0.15) is 0 Å². The molecule has 0 spiro atoms. The van der Waals surface area contributed by atoms with E-state index in [2.05, 4.69) is 20.8 Å². The Morgan fingerprint density at radius 1 is 1.00 bits per heavy atom.